The van der Waals surface area contributed by atoms with Crippen molar-refractivity contribution in [2.24, 2.45) is 0 Å². The molecule has 7 heteroatoms. The first-order chi connectivity index (χ1) is 11.6. The number of hydrogen-bond acceptors (Lipinski definition) is 5. The number of nitriles is 1. The number of carbonyl (C=O) groups excluding carboxylic acids is 2. The lowest BCUT2D eigenvalue weighted by Gasteiger charge is -2.14. The van der Waals surface area contributed by atoms with Crippen LogP contribution in [0.5, 0.6) is 5.75 Å². The number of rotatable bonds is 10. The summed E-state index contributed by atoms with van der Waals surface area (Å²) in [5.41, 5.74) is 0.910. The van der Waals surface area contributed by atoms with Crippen molar-refractivity contribution in [2.45, 2.75) is 19.4 Å². The van der Waals surface area contributed by atoms with Gasteiger partial charge in [-0.15, -0.1) is 0 Å². The summed E-state index contributed by atoms with van der Waals surface area (Å²) < 4.78 is 5.09. The first-order valence-corrected chi connectivity index (χ1v) is 7.58. The Balaban J connectivity index is 2.53. The van der Waals surface area contributed by atoms with Crippen molar-refractivity contribution in [3.63, 3.8) is 0 Å². The number of nitrogens with one attached hydrogen (secondary N) is 3. The molecule has 0 bridgehead atoms. The van der Waals surface area contributed by atoms with E-state index in [1.54, 1.807) is 7.11 Å². The van der Waals surface area contributed by atoms with Crippen molar-refractivity contribution in [1.82, 2.24) is 16.0 Å². The molecule has 1 aromatic carbocycles. The Morgan fingerprint density at radius 1 is 1.29 bits per heavy atom. The van der Waals surface area contributed by atoms with E-state index in [2.05, 4.69) is 16.0 Å². The van der Waals surface area contributed by atoms with E-state index < -0.39 is 5.91 Å². The molecule has 1 aromatic rings. The van der Waals surface area contributed by atoms with Crippen molar-refractivity contribution < 1.29 is 14.3 Å². The van der Waals surface area contributed by atoms with E-state index in [4.69, 9.17) is 10.00 Å². The molecule has 24 heavy (non-hydrogen) atoms. The first kappa shape index (κ1) is 19.0. The number of ether oxygens (including phenoxy) is 1. The lowest BCUT2D eigenvalue weighted by atomic mass is 10.1. The molecule has 0 aliphatic heterocycles. The molecule has 3 N–H and O–H groups in total. The smallest absolute Gasteiger partial charge is 0.263 e. The summed E-state index contributed by atoms with van der Waals surface area (Å²) in [6, 6.07) is 8.98. The van der Waals surface area contributed by atoms with Crippen LogP contribution in [-0.4, -0.2) is 32.5 Å². The molecule has 0 aliphatic carbocycles. The Morgan fingerprint density at radius 3 is 2.54 bits per heavy atom. The zero-order valence-electron chi connectivity index (χ0n) is 13.8. The van der Waals surface area contributed by atoms with Gasteiger partial charge in [-0.05, 0) is 31.0 Å². The summed E-state index contributed by atoms with van der Waals surface area (Å²) in [5, 5.41) is 17.3. The molecule has 1 unspecified atom stereocenters. The molecular weight excluding hydrogens is 308 g/mol. The highest BCUT2D eigenvalue weighted by molar-refractivity contribution is 5.97. The van der Waals surface area contributed by atoms with E-state index in [-0.39, 0.29) is 11.6 Å². The van der Waals surface area contributed by atoms with Gasteiger partial charge in [-0.3, -0.25) is 9.59 Å². The second-order valence-corrected chi connectivity index (χ2v) is 5.02. The number of carbonyl (C=O) groups is 2. The molecule has 2 amide bonds. The number of methoxy groups -OCH3 is 1. The Bertz CT molecular complexity index is 605. The van der Waals surface area contributed by atoms with Gasteiger partial charge in [0.25, 0.3) is 5.91 Å². The summed E-state index contributed by atoms with van der Waals surface area (Å²) in [6.07, 6.45) is 2.71. The van der Waals surface area contributed by atoms with Crippen molar-refractivity contribution >= 4 is 12.3 Å². The van der Waals surface area contributed by atoms with Crippen LogP contribution < -0.4 is 20.7 Å². The lowest BCUT2D eigenvalue weighted by Crippen LogP contribution is -2.28. The van der Waals surface area contributed by atoms with Crippen molar-refractivity contribution in [1.29, 1.82) is 5.26 Å². The second-order valence-electron chi connectivity index (χ2n) is 5.02. The quantitative estimate of drug-likeness (QED) is 0.257. The molecule has 1 atom stereocenters. The topological polar surface area (TPSA) is 103 Å². The molecule has 7 nitrogen and oxygen atoms in total. The highest BCUT2D eigenvalue weighted by Gasteiger charge is 2.13. The van der Waals surface area contributed by atoms with Gasteiger partial charge in [-0.1, -0.05) is 12.1 Å². The summed E-state index contributed by atoms with van der Waals surface area (Å²) in [6.45, 7) is 2.92. The highest BCUT2D eigenvalue weighted by atomic mass is 16.5. The molecule has 0 heterocycles. The monoisotopic (exact) mass is 330 g/mol. The highest BCUT2D eigenvalue weighted by Crippen LogP contribution is 2.17. The maximum Gasteiger partial charge on any atom is 0.263 e. The molecule has 0 spiro atoms. The van der Waals surface area contributed by atoms with Crippen LogP contribution in [0.2, 0.25) is 0 Å². The van der Waals surface area contributed by atoms with Gasteiger partial charge in [-0.2, -0.15) is 5.26 Å². The fraction of sp³-hybridized carbons (Fsp3) is 0.353. The van der Waals surface area contributed by atoms with Crippen LogP contribution in [0, 0.1) is 11.3 Å². The number of hydrogen-bond donors (Lipinski definition) is 3. The number of nitrogens with zero attached hydrogens (tertiary/aromatic N) is 1. The fourth-order valence-corrected chi connectivity index (χ4v) is 1.92. The van der Waals surface area contributed by atoms with Crippen LogP contribution in [0.4, 0.5) is 0 Å². The molecule has 0 fully saturated rings. The van der Waals surface area contributed by atoms with Gasteiger partial charge in [0.15, 0.2) is 0 Å². The molecule has 0 aromatic heterocycles. The molecular formula is C17H22N4O3. The standard InChI is InChI=1S/C17H22N4O3/c1-13(14-4-6-16(24-2)7-5-14)21-17(23)15(10-18)11-19-8-3-9-20-12-22/h4-7,11-13,19H,3,8-9H2,1-2H3,(H,20,22)(H,21,23)/b15-11-. The zero-order chi connectivity index (χ0) is 17.8. The third-order valence-electron chi connectivity index (χ3n) is 3.30. The Hall–Kier alpha value is -3.01. The van der Waals surface area contributed by atoms with Gasteiger partial charge >= 0.3 is 0 Å². The number of benzene rings is 1. The summed E-state index contributed by atoms with van der Waals surface area (Å²) in [4.78, 5) is 22.2. The SMILES string of the molecule is COc1ccc(C(C)NC(=O)/C(C#N)=C\NCCCNC=O)cc1. The first-order valence-electron chi connectivity index (χ1n) is 7.58. The van der Waals surface area contributed by atoms with Crippen LogP contribution in [0.15, 0.2) is 36.0 Å². The Morgan fingerprint density at radius 2 is 1.96 bits per heavy atom. The van der Waals surface area contributed by atoms with Crippen molar-refractivity contribution in [3.8, 4) is 11.8 Å². The second kappa shape index (κ2) is 10.7. The third kappa shape index (κ3) is 6.40. The van der Waals surface area contributed by atoms with Crippen molar-refractivity contribution in [3.05, 3.63) is 41.6 Å². The normalized spacial score (nSPS) is 11.8. The molecule has 0 saturated carbocycles. The van der Waals surface area contributed by atoms with Gasteiger partial charge in [0.1, 0.15) is 17.4 Å². The third-order valence-corrected chi connectivity index (χ3v) is 3.30. The van der Waals surface area contributed by atoms with Crippen LogP contribution in [-0.2, 0) is 9.59 Å². The fourth-order valence-electron chi connectivity index (χ4n) is 1.92. The van der Waals surface area contributed by atoms with E-state index in [1.165, 1.54) is 6.20 Å². The molecule has 0 radical (unpaired) electrons. The lowest BCUT2D eigenvalue weighted by molar-refractivity contribution is -0.117. The molecule has 0 saturated heterocycles. The van der Waals surface area contributed by atoms with E-state index in [0.29, 0.717) is 25.9 Å². The minimum Gasteiger partial charge on any atom is -0.497 e. The summed E-state index contributed by atoms with van der Waals surface area (Å²) >= 11 is 0. The Labute approximate surface area is 141 Å². The minimum absolute atomic E-state index is 0.00120. The predicted octanol–water partition coefficient (Wildman–Crippen LogP) is 1.01. The van der Waals surface area contributed by atoms with Gasteiger partial charge in [0.05, 0.1) is 13.2 Å². The van der Waals surface area contributed by atoms with E-state index >= 15 is 0 Å². The maximum atomic E-state index is 12.1. The van der Waals surface area contributed by atoms with E-state index in [1.807, 2.05) is 37.3 Å². The van der Waals surface area contributed by atoms with Gasteiger partial charge in [-0.25, -0.2) is 0 Å². The minimum atomic E-state index is -0.445. The van der Waals surface area contributed by atoms with Crippen LogP contribution in [0.25, 0.3) is 0 Å². The molecule has 0 aliphatic rings. The Kier molecular flexibility index (Phi) is 8.47. The van der Waals surface area contributed by atoms with Crippen LogP contribution in [0.1, 0.15) is 24.9 Å². The summed E-state index contributed by atoms with van der Waals surface area (Å²) in [5.74, 6) is 0.294. The van der Waals surface area contributed by atoms with Gasteiger partial charge in [0.2, 0.25) is 6.41 Å². The largest absolute Gasteiger partial charge is 0.497 e. The predicted molar refractivity (Wildman–Crippen MR) is 89.9 cm³/mol. The zero-order valence-corrected chi connectivity index (χ0v) is 13.8. The molecule has 1 rings (SSSR count). The average Bonchev–Trinajstić information content (AvgIpc) is 2.61. The number of amides is 2. The van der Waals surface area contributed by atoms with Gasteiger partial charge in [0, 0.05) is 19.3 Å². The van der Waals surface area contributed by atoms with E-state index in [0.717, 1.165) is 11.3 Å². The van der Waals surface area contributed by atoms with Gasteiger partial charge < -0.3 is 20.7 Å². The van der Waals surface area contributed by atoms with Crippen LogP contribution in [0.3, 0.4) is 0 Å². The van der Waals surface area contributed by atoms with Crippen molar-refractivity contribution in [2.75, 3.05) is 20.2 Å². The summed E-state index contributed by atoms with van der Waals surface area (Å²) in [7, 11) is 1.59. The molecule has 128 valence electrons. The average molecular weight is 330 g/mol. The maximum absolute atomic E-state index is 12.1. The van der Waals surface area contributed by atoms with E-state index in [9.17, 15) is 9.59 Å². The van der Waals surface area contributed by atoms with Crippen LogP contribution >= 0.6 is 0 Å².